The summed E-state index contributed by atoms with van der Waals surface area (Å²) in [5, 5.41) is 13.4. The molecule has 0 saturated carbocycles. The molecule has 8 heteroatoms. The van der Waals surface area contributed by atoms with E-state index in [4.69, 9.17) is 14.2 Å². The SMILES string of the molecule is COc1cc(CCc2cc(NC(=O)c3ccc(OCC4CCNCC4)cc3)n[nH]2)cc(OC)c1. The number of hydrogen-bond donors (Lipinski definition) is 3. The average molecular weight is 465 g/mol. The quantitative estimate of drug-likeness (QED) is 0.422. The van der Waals surface area contributed by atoms with Crippen LogP contribution in [0.2, 0.25) is 0 Å². The molecule has 1 aliphatic heterocycles. The molecule has 1 saturated heterocycles. The van der Waals surface area contributed by atoms with Crippen molar-refractivity contribution in [2.45, 2.75) is 25.7 Å². The molecular weight excluding hydrogens is 432 g/mol. The zero-order valence-corrected chi connectivity index (χ0v) is 19.7. The van der Waals surface area contributed by atoms with Crippen LogP contribution in [0.5, 0.6) is 17.2 Å². The first-order valence-corrected chi connectivity index (χ1v) is 11.6. The van der Waals surface area contributed by atoms with Gasteiger partial charge in [-0.2, -0.15) is 5.10 Å². The van der Waals surface area contributed by atoms with Crippen molar-refractivity contribution in [3.8, 4) is 17.2 Å². The zero-order valence-electron chi connectivity index (χ0n) is 19.7. The predicted octanol–water partition coefficient (Wildman–Crippen LogP) is 3.84. The summed E-state index contributed by atoms with van der Waals surface area (Å²) in [5.41, 5.74) is 2.58. The first-order chi connectivity index (χ1) is 16.6. The van der Waals surface area contributed by atoms with Crippen LogP contribution >= 0.6 is 0 Å². The van der Waals surface area contributed by atoms with Gasteiger partial charge < -0.3 is 24.8 Å². The van der Waals surface area contributed by atoms with Gasteiger partial charge in [0.15, 0.2) is 5.82 Å². The van der Waals surface area contributed by atoms with Crippen LogP contribution in [0.4, 0.5) is 5.82 Å². The molecule has 1 fully saturated rings. The van der Waals surface area contributed by atoms with Crippen LogP contribution in [0.25, 0.3) is 0 Å². The van der Waals surface area contributed by atoms with Crippen LogP contribution in [-0.2, 0) is 12.8 Å². The normalized spacial score (nSPS) is 13.9. The van der Waals surface area contributed by atoms with Crippen molar-refractivity contribution >= 4 is 11.7 Å². The smallest absolute Gasteiger partial charge is 0.256 e. The van der Waals surface area contributed by atoms with Crippen molar-refractivity contribution in [1.29, 1.82) is 0 Å². The third-order valence-corrected chi connectivity index (χ3v) is 6.03. The van der Waals surface area contributed by atoms with Crippen molar-refractivity contribution in [3.05, 3.63) is 65.4 Å². The summed E-state index contributed by atoms with van der Waals surface area (Å²) < 4.78 is 16.6. The summed E-state index contributed by atoms with van der Waals surface area (Å²) in [5.74, 6) is 3.18. The topological polar surface area (TPSA) is 97.5 Å². The maximum atomic E-state index is 12.6. The third-order valence-electron chi connectivity index (χ3n) is 6.03. The van der Waals surface area contributed by atoms with E-state index in [0.29, 0.717) is 23.9 Å². The second-order valence-electron chi connectivity index (χ2n) is 8.48. The number of hydrogen-bond acceptors (Lipinski definition) is 6. The largest absolute Gasteiger partial charge is 0.497 e. The summed E-state index contributed by atoms with van der Waals surface area (Å²) in [7, 11) is 3.27. The second-order valence-corrected chi connectivity index (χ2v) is 8.48. The van der Waals surface area contributed by atoms with E-state index in [0.717, 1.165) is 67.3 Å². The van der Waals surface area contributed by atoms with E-state index in [1.54, 1.807) is 26.4 Å². The number of aromatic amines is 1. The minimum Gasteiger partial charge on any atom is -0.497 e. The molecule has 2 heterocycles. The van der Waals surface area contributed by atoms with Gasteiger partial charge in [-0.15, -0.1) is 0 Å². The van der Waals surface area contributed by atoms with Crippen LogP contribution in [0.1, 0.15) is 34.5 Å². The van der Waals surface area contributed by atoms with Crippen LogP contribution in [0.15, 0.2) is 48.5 Å². The number of anilines is 1. The van der Waals surface area contributed by atoms with Gasteiger partial charge in [-0.25, -0.2) is 0 Å². The van der Waals surface area contributed by atoms with Crippen molar-refractivity contribution < 1.29 is 19.0 Å². The van der Waals surface area contributed by atoms with Gasteiger partial charge in [0.05, 0.1) is 20.8 Å². The summed E-state index contributed by atoms with van der Waals surface area (Å²) in [4.78, 5) is 12.6. The summed E-state index contributed by atoms with van der Waals surface area (Å²) in [6.45, 7) is 2.82. The highest BCUT2D eigenvalue weighted by atomic mass is 16.5. The van der Waals surface area contributed by atoms with E-state index in [1.165, 1.54) is 0 Å². The number of ether oxygens (including phenoxy) is 3. The Morgan fingerprint density at radius 3 is 2.35 bits per heavy atom. The number of aryl methyl sites for hydroxylation is 2. The van der Waals surface area contributed by atoms with Crippen LogP contribution < -0.4 is 24.8 Å². The number of amides is 1. The Morgan fingerprint density at radius 1 is 0.971 bits per heavy atom. The highest BCUT2D eigenvalue weighted by Gasteiger charge is 2.14. The molecule has 0 spiro atoms. The molecule has 0 radical (unpaired) electrons. The van der Waals surface area contributed by atoms with Crippen LogP contribution in [0, 0.1) is 5.92 Å². The lowest BCUT2D eigenvalue weighted by molar-refractivity contribution is 0.102. The number of piperidine rings is 1. The molecule has 3 aromatic rings. The molecule has 0 bridgehead atoms. The van der Waals surface area contributed by atoms with Gasteiger partial charge in [-0.3, -0.25) is 9.89 Å². The van der Waals surface area contributed by atoms with Crippen molar-refractivity contribution in [2.24, 2.45) is 5.92 Å². The number of carbonyl (C=O) groups is 1. The van der Waals surface area contributed by atoms with Gasteiger partial charge in [0.1, 0.15) is 17.2 Å². The number of methoxy groups -OCH3 is 2. The Bertz CT molecular complexity index is 1050. The minimum absolute atomic E-state index is 0.208. The highest BCUT2D eigenvalue weighted by Crippen LogP contribution is 2.24. The Morgan fingerprint density at radius 2 is 1.68 bits per heavy atom. The van der Waals surface area contributed by atoms with Crippen molar-refractivity contribution in [1.82, 2.24) is 15.5 Å². The van der Waals surface area contributed by atoms with E-state index < -0.39 is 0 Å². The second kappa shape index (κ2) is 11.6. The molecule has 1 amide bonds. The monoisotopic (exact) mass is 464 g/mol. The van der Waals surface area contributed by atoms with E-state index in [2.05, 4.69) is 20.8 Å². The van der Waals surface area contributed by atoms with E-state index in [1.807, 2.05) is 36.4 Å². The number of nitrogens with one attached hydrogen (secondary N) is 3. The fraction of sp³-hybridized carbons (Fsp3) is 0.385. The van der Waals surface area contributed by atoms with E-state index >= 15 is 0 Å². The maximum Gasteiger partial charge on any atom is 0.256 e. The van der Waals surface area contributed by atoms with Gasteiger partial charge in [0, 0.05) is 23.4 Å². The molecule has 0 atom stereocenters. The fourth-order valence-corrected chi connectivity index (χ4v) is 4.00. The molecule has 2 aromatic carbocycles. The Hall–Kier alpha value is -3.52. The lowest BCUT2D eigenvalue weighted by Gasteiger charge is -2.22. The molecule has 3 N–H and O–H groups in total. The Balaban J connectivity index is 1.27. The van der Waals surface area contributed by atoms with E-state index in [-0.39, 0.29) is 5.91 Å². The number of H-pyrrole nitrogens is 1. The number of nitrogens with zero attached hydrogens (tertiary/aromatic N) is 1. The average Bonchev–Trinajstić information content (AvgIpc) is 3.34. The number of rotatable bonds is 10. The number of carbonyl (C=O) groups excluding carboxylic acids is 1. The van der Waals surface area contributed by atoms with Crippen molar-refractivity contribution in [2.75, 3.05) is 39.2 Å². The maximum absolute atomic E-state index is 12.6. The number of benzene rings is 2. The van der Waals surface area contributed by atoms with Gasteiger partial charge in [0.25, 0.3) is 5.91 Å². The first-order valence-electron chi connectivity index (χ1n) is 11.6. The molecule has 1 aliphatic rings. The first kappa shape index (κ1) is 23.6. The molecular formula is C26H32N4O4. The summed E-state index contributed by atoms with van der Waals surface area (Å²) in [6.07, 6.45) is 3.80. The third kappa shape index (κ3) is 6.51. The lowest BCUT2D eigenvalue weighted by Crippen LogP contribution is -2.30. The molecule has 4 rings (SSSR count). The lowest BCUT2D eigenvalue weighted by atomic mass is 9.99. The molecule has 0 aliphatic carbocycles. The standard InChI is InChI=1S/C26H32N4O4/c1-32-23-13-19(14-24(16-23)33-2)3-6-21-15-25(30-29-21)28-26(31)20-4-7-22(8-5-20)34-17-18-9-11-27-12-10-18/h4-5,7-8,13-16,18,27H,3,6,9-12,17H2,1-2H3,(H2,28,29,30,31). The van der Waals surface area contributed by atoms with Crippen LogP contribution in [0.3, 0.4) is 0 Å². The van der Waals surface area contributed by atoms with Gasteiger partial charge in [0.2, 0.25) is 0 Å². The van der Waals surface area contributed by atoms with Gasteiger partial charge >= 0.3 is 0 Å². The minimum atomic E-state index is -0.208. The molecule has 1 aromatic heterocycles. The predicted molar refractivity (Wildman–Crippen MR) is 131 cm³/mol. The highest BCUT2D eigenvalue weighted by molar-refractivity contribution is 6.03. The molecule has 0 unspecified atom stereocenters. The zero-order chi connectivity index (χ0) is 23.8. The van der Waals surface area contributed by atoms with Crippen molar-refractivity contribution in [3.63, 3.8) is 0 Å². The molecule has 180 valence electrons. The fourth-order valence-electron chi connectivity index (χ4n) is 4.00. The van der Waals surface area contributed by atoms with Crippen LogP contribution in [-0.4, -0.2) is 50.0 Å². The number of aromatic nitrogens is 2. The Kier molecular flexibility index (Phi) is 8.04. The summed E-state index contributed by atoms with van der Waals surface area (Å²) >= 11 is 0. The van der Waals surface area contributed by atoms with E-state index in [9.17, 15) is 4.79 Å². The summed E-state index contributed by atoms with van der Waals surface area (Å²) in [6, 6.07) is 14.9. The van der Waals surface area contributed by atoms with Gasteiger partial charge in [-0.05, 0) is 86.7 Å². The molecule has 8 nitrogen and oxygen atoms in total. The molecule has 34 heavy (non-hydrogen) atoms. The van der Waals surface area contributed by atoms with Gasteiger partial charge in [-0.1, -0.05) is 0 Å². The Labute approximate surface area is 200 Å².